The lowest BCUT2D eigenvalue weighted by Crippen LogP contribution is -2.32. The maximum Gasteiger partial charge on any atom is 0.180 e. The lowest BCUT2D eigenvalue weighted by Gasteiger charge is -2.30. The van der Waals surface area contributed by atoms with Crippen molar-refractivity contribution < 1.29 is 0 Å². The fourth-order valence-electron chi connectivity index (χ4n) is 2.91. The summed E-state index contributed by atoms with van der Waals surface area (Å²) in [7, 11) is 0. The molecule has 106 valence electrons. The van der Waals surface area contributed by atoms with Crippen molar-refractivity contribution in [2.24, 2.45) is 0 Å². The second-order valence-electron chi connectivity index (χ2n) is 5.45. The summed E-state index contributed by atoms with van der Waals surface area (Å²) in [6.07, 6.45) is 4.48. The maximum atomic E-state index is 4.69. The van der Waals surface area contributed by atoms with Crippen LogP contribution in [0.1, 0.15) is 22.4 Å². The number of aromatic nitrogens is 5. The van der Waals surface area contributed by atoms with Crippen molar-refractivity contribution in [3.05, 3.63) is 47.0 Å². The van der Waals surface area contributed by atoms with Gasteiger partial charge in [-0.05, 0) is 25.5 Å². The first kappa shape index (κ1) is 12.3. The second kappa shape index (κ2) is 4.51. The Morgan fingerprint density at radius 3 is 3.00 bits per heavy atom. The van der Waals surface area contributed by atoms with Crippen molar-refractivity contribution >= 4 is 11.5 Å². The minimum Gasteiger partial charge on any atom is -0.350 e. The molecule has 0 radical (unpaired) electrons. The molecule has 21 heavy (non-hydrogen) atoms. The summed E-state index contributed by atoms with van der Waals surface area (Å²) in [5.41, 5.74) is 5.62. The standard InChI is InChI=1S/C15H16N6/c1-10-11(2)15(19-21-9-17-18-14(10)21)20-7-5-13-12(8-20)4-3-6-16-13/h3-4,6,9H,5,7-8H2,1-2H3. The SMILES string of the molecule is Cc1c(N2CCc3ncccc3C2)nn2cnnc2c1C. The number of fused-ring (bicyclic) bond motifs is 2. The highest BCUT2D eigenvalue weighted by molar-refractivity contribution is 5.59. The van der Waals surface area contributed by atoms with Gasteiger partial charge in [-0.2, -0.15) is 4.52 Å². The predicted molar refractivity (Wildman–Crippen MR) is 79.2 cm³/mol. The fourth-order valence-corrected chi connectivity index (χ4v) is 2.91. The molecule has 0 aliphatic carbocycles. The zero-order valence-corrected chi connectivity index (χ0v) is 12.1. The molecule has 1 aliphatic rings. The van der Waals surface area contributed by atoms with Gasteiger partial charge in [0.15, 0.2) is 11.5 Å². The van der Waals surface area contributed by atoms with E-state index in [4.69, 9.17) is 0 Å². The minimum absolute atomic E-state index is 0.829. The molecule has 3 aromatic rings. The van der Waals surface area contributed by atoms with E-state index in [1.807, 2.05) is 12.3 Å². The lowest BCUT2D eigenvalue weighted by molar-refractivity contribution is 0.688. The molecule has 0 amide bonds. The Morgan fingerprint density at radius 2 is 2.10 bits per heavy atom. The van der Waals surface area contributed by atoms with Gasteiger partial charge in [0.25, 0.3) is 0 Å². The molecule has 0 atom stereocenters. The fraction of sp³-hybridized carbons (Fsp3) is 0.333. The Morgan fingerprint density at radius 1 is 1.19 bits per heavy atom. The van der Waals surface area contributed by atoms with Gasteiger partial charge in [-0.15, -0.1) is 15.3 Å². The first-order chi connectivity index (χ1) is 10.2. The van der Waals surface area contributed by atoms with E-state index in [1.165, 1.54) is 16.8 Å². The molecular weight excluding hydrogens is 264 g/mol. The van der Waals surface area contributed by atoms with Crippen molar-refractivity contribution in [2.75, 3.05) is 11.4 Å². The number of aryl methyl sites for hydroxylation is 1. The van der Waals surface area contributed by atoms with Crippen LogP contribution in [0.25, 0.3) is 5.65 Å². The van der Waals surface area contributed by atoms with Gasteiger partial charge < -0.3 is 4.90 Å². The second-order valence-corrected chi connectivity index (χ2v) is 5.45. The number of hydrogen-bond donors (Lipinski definition) is 0. The van der Waals surface area contributed by atoms with E-state index >= 15 is 0 Å². The topological polar surface area (TPSA) is 59.2 Å². The van der Waals surface area contributed by atoms with Gasteiger partial charge in [0.05, 0.1) is 0 Å². The van der Waals surface area contributed by atoms with E-state index < -0.39 is 0 Å². The third kappa shape index (κ3) is 1.86. The first-order valence-corrected chi connectivity index (χ1v) is 7.09. The average Bonchev–Trinajstić information content (AvgIpc) is 2.99. The van der Waals surface area contributed by atoms with Gasteiger partial charge in [0.2, 0.25) is 0 Å². The van der Waals surface area contributed by atoms with Gasteiger partial charge in [-0.25, -0.2) is 0 Å². The van der Waals surface area contributed by atoms with Crippen molar-refractivity contribution in [3.63, 3.8) is 0 Å². The first-order valence-electron chi connectivity index (χ1n) is 7.09. The number of nitrogens with zero attached hydrogens (tertiary/aromatic N) is 6. The predicted octanol–water partition coefficient (Wildman–Crippen LogP) is 1.70. The van der Waals surface area contributed by atoms with Crippen LogP contribution in [0.15, 0.2) is 24.7 Å². The highest BCUT2D eigenvalue weighted by atomic mass is 15.4. The summed E-state index contributed by atoms with van der Waals surface area (Å²) in [5.74, 6) is 1.01. The highest BCUT2D eigenvalue weighted by Gasteiger charge is 2.21. The molecular formula is C15H16N6. The van der Waals surface area contributed by atoms with Gasteiger partial charge >= 0.3 is 0 Å². The maximum absolute atomic E-state index is 4.69. The molecule has 4 heterocycles. The molecule has 6 nitrogen and oxygen atoms in total. The van der Waals surface area contributed by atoms with Gasteiger partial charge in [-0.1, -0.05) is 6.07 Å². The van der Waals surface area contributed by atoms with Crippen LogP contribution in [-0.4, -0.2) is 31.3 Å². The molecule has 0 saturated heterocycles. The molecule has 0 saturated carbocycles. The molecule has 0 N–H and O–H groups in total. The molecule has 6 heteroatoms. The number of pyridine rings is 1. The van der Waals surface area contributed by atoms with Gasteiger partial charge in [0.1, 0.15) is 6.33 Å². The van der Waals surface area contributed by atoms with Crippen molar-refractivity contribution in [1.29, 1.82) is 0 Å². The molecule has 0 spiro atoms. The quantitative estimate of drug-likeness (QED) is 0.679. The Balaban J connectivity index is 1.79. The van der Waals surface area contributed by atoms with Crippen LogP contribution in [-0.2, 0) is 13.0 Å². The zero-order chi connectivity index (χ0) is 14.4. The zero-order valence-electron chi connectivity index (χ0n) is 12.1. The van der Waals surface area contributed by atoms with Crippen LogP contribution in [0, 0.1) is 13.8 Å². The van der Waals surface area contributed by atoms with Crippen molar-refractivity contribution in [3.8, 4) is 0 Å². The van der Waals surface area contributed by atoms with Crippen LogP contribution >= 0.6 is 0 Å². The van der Waals surface area contributed by atoms with E-state index in [0.717, 1.165) is 36.5 Å². The van der Waals surface area contributed by atoms with E-state index in [-0.39, 0.29) is 0 Å². The van der Waals surface area contributed by atoms with Crippen LogP contribution in [0.4, 0.5) is 5.82 Å². The summed E-state index contributed by atoms with van der Waals surface area (Å²) >= 11 is 0. The van der Waals surface area contributed by atoms with E-state index in [0.29, 0.717) is 0 Å². The lowest BCUT2D eigenvalue weighted by atomic mass is 10.0. The Bertz CT molecular complexity index is 822. The van der Waals surface area contributed by atoms with Crippen LogP contribution < -0.4 is 4.90 Å². The number of rotatable bonds is 1. The molecule has 4 rings (SSSR count). The third-order valence-corrected chi connectivity index (χ3v) is 4.23. The largest absolute Gasteiger partial charge is 0.350 e. The number of anilines is 1. The van der Waals surface area contributed by atoms with Gasteiger partial charge in [-0.3, -0.25) is 4.98 Å². The van der Waals surface area contributed by atoms with Crippen molar-refractivity contribution in [1.82, 2.24) is 24.8 Å². The Labute approximate surface area is 122 Å². The highest BCUT2D eigenvalue weighted by Crippen LogP contribution is 2.27. The summed E-state index contributed by atoms with van der Waals surface area (Å²) in [5, 5.41) is 12.8. The summed E-state index contributed by atoms with van der Waals surface area (Å²) in [6, 6.07) is 4.14. The van der Waals surface area contributed by atoms with E-state index in [2.05, 4.69) is 45.1 Å². The Hall–Kier alpha value is -2.50. The molecule has 3 aromatic heterocycles. The molecule has 0 aromatic carbocycles. The summed E-state index contributed by atoms with van der Waals surface area (Å²) in [6.45, 7) is 5.96. The summed E-state index contributed by atoms with van der Waals surface area (Å²) in [4.78, 5) is 6.77. The molecule has 1 aliphatic heterocycles. The van der Waals surface area contributed by atoms with Crippen molar-refractivity contribution in [2.45, 2.75) is 26.8 Å². The van der Waals surface area contributed by atoms with E-state index in [1.54, 1.807) is 10.8 Å². The number of hydrogen-bond acceptors (Lipinski definition) is 5. The third-order valence-electron chi connectivity index (χ3n) is 4.23. The monoisotopic (exact) mass is 280 g/mol. The van der Waals surface area contributed by atoms with Crippen LogP contribution in [0.3, 0.4) is 0 Å². The molecule has 0 fully saturated rings. The van der Waals surface area contributed by atoms with Crippen LogP contribution in [0.2, 0.25) is 0 Å². The van der Waals surface area contributed by atoms with E-state index in [9.17, 15) is 0 Å². The van der Waals surface area contributed by atoms with Crippen LogP contribution in [0.5, 0.6) is 0 Å². The smallest absolute Gasteiger partial charge is 0.180 e. The van der Waals surface area contributed by atoms with Gasteiger partial charge in [0, 0.05) is 42.5 Å². The normalized spacial score (nSPS) is 14.5. The minimum atomic E-state index is 0.829. The molecule has 0 unspecified atom stereocenters. The Kier molecular flexibility index (Phi) is 2.63. The average molecular weight is 280 g/mol. The molecule has 0 bridgehead atoms. The summed E-state index contributed by atoms with van der Waals surface area (Å²) < 4.78 is 1.76.